The molecule has 3 rings (SSSR count). The molecule has 2 heteroatoms. The van der Waals surface area contributed by atoms with Gasteiger partial charge in [-0.05, 0) is 68.2 Å². The first kappa shape index (κ1) is 13.1. The lowest BCUT2D eigenvalue weighted by molar-refractivity contribution is 0.403. The lowest BCUT2D eigenvalue weighted by Crippen LogP contribution is -2.25. The zero-order chi connectivity index (χ0) is 13.1. The van der Waals surface area contributed by atoms with Gasteiger partial charge in [-0.1, -0.05) is 24.3 Å². The van der Waals surface area contributed by atoms with Crippen molar-refractivity contribution in [2.45, 2.75) is 38.6 Å². The summed E-state index contributed by atoms with van der Waals surface area (Å²) in [7, 11) is 2.02. The molecular formula is C17H26N2. The summed E-state index contributed by atoms with van der Waals surface area (Å²) in [5.41, 5.74) is 3.67. The topological polar surface area (TPSA) is 24.1 Å². The van der Waals surface area contributed by atoms with E-state index < -0.39 is 0 Å². The van der Waals surface area contributed by atoms with Gasteiger partial charge in [-0.15, -0.1) is 0 Å². The maximum Gasteiger partial charge on any atom is 0.0208 e. The number of likely N-dealkylation sites (N-methyl/N-ethyl adjacent to an activating group) is 1. The van der Waals surface area contributed by atoms with Gasteiger partial charge in [0.15, 0.2) is 0 Å². The Hall–Kier alpha value is -0.860. The number of rotatable bonds is 8. The van der Waals surface area contributed by atoms with Crippen LogP contribution in [0, 0.1) is 11.3 Å². The fourth-order valence-electron chi connectivity index (χ4n) is 3.27. The monoisotopic (exact) mass is 258 g/mol. The van der Waals surface area contributed by atoms with E-state index in [4.69, 9.17) is 0 Å². The van der Waals surface area contributed by atoms with E-state index in [2.05, 4.69) is 34.9 Å². The van der Waals surface area contributed by atoms with E-state index in [1.54, 1.807) is 0 Å². The molecule has 0 aliphatic heterocycles. The quantitative estimate of drug-likeness (QED) is 0.749. The van der Waals surface area contributed by atoms with Crippen LogP contribution < -0.4 is 10.6 Å². The van der Waals surface area contributed by atoms with E-state index in [0.29, 0.717) is 5.41 Å². The van der Waals surface area contributed by atoms with Crippen molar-refractivity contribution in [3.63, 3.8) is 0 Å². The van der Waals surface area contributed by atoms with E-state index in [1.807, 2.05) is 7.05 Å². The molecule has 0 radical (unpaired) electrons. The van der Waals surface area contributed by atoms with Crippen LogP contribution in [0.5, 0.6) is 0 Å². The van der Waals surface area contributed by atoms with E-state index in [1.165, 1.54) is 43.4 Å². The summed E-state index contributed by atoms with van der Waals surface area (Å²) >= 11 is 0. The Balaban J connectivity index is 1.51. The summed E-state index contributed by atoms with van der Waals surface area (Å²) in [6, 6.07) is 8.85. The first-order valence-electron chi connectivity index (χ1n) is 7.76. The fraction of sp³-hybridized carbons (Fsp3) is 0.647. The van der Waals surface area contributed by atoms with Crippen LogP contribution in [-0.2, 0) is 13.0 Å². The van der Waals surface area contributed by atoms with Crippen molar-refractivity contribution in [1.82, 2.24) is 10.6 Å². The van der Waals surface area contributed by atoms with Crippen molar-refractivity contribution in [3.8, 4) is 0 Å². The zero-order valence-electron chi connectivity index (χ0n) is 12.0. The Bertz CT molecular complexity index is 419. The predicted molar refractivity (Wildman–Crippen MR) is 80.2 cm³/mol. The molecular weight excluding hydrogens is 232 g/mol. The van der Waals surface area contributed by atoms with Gasteiger partial charge in [0, 0.05) is 13.1 Å². The summed E-state index contributed by atoms with van der Waals surface area (Å²) in [6.07, 6.45) is 7.03. The molecule has 19 heavy (non-hydrogen) atoms. The molecule has 0 saturated heterocycles. The molecule has 1 aromatic carbocycles. The highest BCUT2D eigenvalue weighted by Gasteiger charge is 2.53. The first-order chi connectivity index (χ1) is 9.34. The molecule has 0 heterocycles. The molecule has 0 unspecified atom stereocenters. The average Bonchev–Trinajstić information content (AvgIpc) is 3.29. The molecule has 0 aromatic heterocycles. The smallest absolute Gasteiger partial charge is 0.0208 e. The second-order valence-corrected chi connectivity index (χ2v) is 6.36. The molecule has 2 nitrogen and oxygen atoms in total. The highest BCUT2D eigenvalue weighted by atomic mass is 14.9. The Morgan fingerprint density at radius 3 is 2.53 bits per heavy atom. The summed E-state index contributed by atoms with van der Waals surface area (Å²) in [4.78, 5) is 0. The van der Waals surface area contributed by atoms with Gasteiger partial charge < -0.3 is 10.6 Å². The Kier molecular flexibility index (Phi) is 3.90. The third kappa shape index (κ3) is 3.18. The number of hydrogen-bond donors (Lipinski definition) is 2. The molecule has 2 N–H and O–H groups in total. The van der Waals surface area contributed by atoms with E-state index >= 15 is 0 Å². The highest BCUT2D eigenvalue weighted by molar-refractivity contribution is 5.27. The molecule has 2 saturated carbocycles. The second-order valence-electron chi connectivity index (χ2n) is 6.36. The third-order valence-electron chi connectivity index (χ3n) is 4.89. The lowest BCUT2D eigenvalue weighted by atomic mass is 10.00. The summed E-state index contributed by atoms with van der Waals surface area (Å²) in [5.74, 6) is 1.06. The van der Waals surface area contributed by atoms with Crippen LogP contribution in [0.2, 0.25) is 0 Å². The van der Waals surface area contributed by atoms with Crippen LogP contribution in [0.4, 0.5) is 0 Å². The highest BCUT2D eigenvalue weighted by Crippen LogP contribution is 2.60. The third-order valence-corrected chi connectivity index (χ3v) is 4.89. The van der Waals surface area contributed by atoms with Crippen molar-refractivity contribution in [3.05, 3.63) is 35.4 Å². The number of nitrogens with one attached hydrogen (secondary N) is 2. The van der Waals surface area contributed by atoms with Crippen molar-refractivity contribution < 1.29 is 0 Å². The van der Waals surface area contributed by atoms with Gasteiger partial charge in [0.1, 0.15) is 0 Å². The normalized spacial score (nSPS) is 20.5. The van der Waals surface area contributed by atoms with Crippen LogP contribution in [-0.4, -0.2) is 20.1 Å². The molecule has 0 bridgehead atoms. The van der Waals surface area contributed by atoms with Gasteiger partial charge in [0.2, 0.25) is 0 Å². The van der Waals surface area contributed by atoms with Crippen LogP contribution in [0.25, 0.3) is 0 Å². The van der Waals surface area contributed by atoms with Crippen molar-refractivity contribution in [2.24, 2.45) is 11.3 Å². The summed E-state index contributed by atoms with van der Waals surface area (Å²) < 4.78 is 0. The lowest BCUT2D eigenvalue weighted by Gasteiger charge is -2.16. The minimum atomic E-state index is 0.708. The van der Waals surface area contributed by atoms with Gasteiger partial charge in [0.25, 0.3) is 0 Å². The molecule has 1 aromatic rings. The van der Waals surface area contributed by atoms with Crippen molar-refractivity contribution in [1.29, 1.82) is 0 Å². The summed E-state index contributed by atoms with van der Waals surface area (Å²) in [5, 5.41) is 6.96. The van der Waals surface area contributed by atoms with Gasteiger partial charge in [-0.3, -0.25) is 0 Å². The average molecular weight is 258 g/mol. The van der Waals surface area contributed by atoms with Gasteiger partial charge in [-0.2, -0.15) is 0 Å². The van der Waals surface area contributed by atoms with Crippen LogP contribution in [0.1, 0.15) is 36.8 Å². The number of hydrogen-bond acceptors (Lipinski definition) is 2. The molecule has 0 spiro atoms. The molecule has 2 aliphatic carbocycles. The van der Waals surface area contributed by atoms with Crippen molar-refractivity contribution in [2.75, 3.05) is 20.1 Å². The summed E-state index contributed by atoms with van der Waals surface area (Å²) in [6.45, 7) is 3.33. The fourth-order valence-corrected chi connectivity index (χ4v) is 3.27. The molecule has 2 aliphatic rings. The largest absolute Gasteiger partial charge is 0.319 e. The molecule has 0 atom stereocenters. The van der Waals surface area contributed by atoms with Gasteiger partial charge >= 0.3 is 0 Å². The molecule has 2 fully saturated rings. The Labute approximate surface area is 117 Å². The molecule has 104 valence electrons. The van der Waals surface area contributed by atoms with Gasteiger partial charge in [0.05, 0.1) is 0 Å². The van der Waals surface area contributed by atoms with Gasteiger partial charge in [-0.25, -0.2) is 0 Å². The van der Waals surface area contributed by atoms with Crippen molar-refractivity contribution >= 4 is 0 Å². The first-order valence-corrected chi connectivity index (χ1v) is 7.76. The minimum Gasteiger partial charge on any atom is -0.319 e. The Morgan fingerprint density at radius 2 is 1.89 bits per heavy atom. The van der Waals surface area contributed by atoms with Crippen LogP contribution in [0.15, 0.2) is 24.3 Å². The maximum absolute atomic E-state index is 3.72. The van der Waals surface area contributed by atoms with E-state index in [9.17, 15) is 0 Å². The minimum absolute atomic E-state index is 0.708. The van der Waals surface area contributed by atoms with E-state index in [-0.39, 0.29) is 0 Å². The second kappa shape index (κ2) is 5.64. The Morgan fingerprint density at radius 1 is 1.16 bits per heavy atom. The maximum atomic E-state index is 3.72. The standard InChI is InChI=1S/C17H26N2/c1-18-11-8-14-4-2-3-5-15(14)12-19-13-17(9-10-17)16-6-7-16/h2-5,16,18-19H,6-13H2,1H3. The predicted octanol–water partition coefficient (Wildman–Crippen LogP) is 2.73. The van der Waals surface area contributed by atoms with Crippen LogP contribution in [0.3, 0.4) is 0 Å². The zero-order valence-corrected chi connectivity index (χ0v) is 12.0. The van der Waals surface area contributed by atoms with E-state index in [0.717, 1.165) is 25.4 Å². The SMILES string of the molecule is CNCCc1ccccc1CNCC1(C2CC2)CC1. The van der Waals surface area contributed by atoms with Crippen LogP contribution >= 0.6 is 0 Å². The number of benzene rings is 1. The molecule has 0 amide bonds.